The molecular weight excluding hydrogens is 246 g/mol. The van der Waals surface area contributed by atoms with Gasteiger partial charge in [0.1, 0.15) is 5.82 Å². The number of oxazole rings is 1. The van der Waals surface area contributed by atoms with Crippen molar-refractivity contribution < 1.29 is 9.52 Å². The van der Waals surface area contributed by atoms with Gasteiger partial charge in [0.05, 0.1) is 17.8 Å². The lowest BCUT2D eigenvalue weighted by atomic mass is 10.1. The van der Waals surface area contributed by atoms with Crippen LogP contribution in [0.4, 0.5) is 0 Å². The standard InChI is InChI=1S/C13H13N3O3/c1-16-7-10(14-12(16)4-5-17)8-2-3-11-9(6-8)15-13(18)19-11/h2-3,6-7,17H,4-5H2,1H3,(H,15,18). The van der Waals surface area contributed by atoms with E-state index in [4.69, 9.17) is 9.52 Å². The highest BCUT2D eigenvalue weighted by atomic mass is 16.4. The molecule has 0 aliphatic rings. The minimum Gasteiger partial charge on any atom is -0.408 e. The quantitative estimate of drug-likeness (QED) is 0.736. The van der Waals surface area contributed by atoms with Crippen molar-refractivity contribution in [3.05, 3.63) is 40.8 Å². The Bertz CT molecular complexity index is 782. The van der Waals surface area contributed by atoms with Crippen LogP contribution in [0.25, 0.3) is 22.4 Å². The maximum Gasteiger partial charge on any atom is 0.417 e. The molecule has 0 aliphatic heterocycles. The van der Waals surface area contributed by atoms with E-state index in [1.54, 1.807) is 6.07 Å². The van der Waals surface area contributed by atoms with E-state index in [0.29, 0.717) is 17.5 Å². The number of aromatic nitrogens is 3. The van der Waals surface area contributed by atoms with Crippen molar-refractivity contribution >= 4 is 11.1 Å². The molecule has 0 spiro atoms. The minimum atomic E-state index is -0.464. The first-order valence-electron chi connectivity index (χ1n) is 5.94. The number of nitrogens with zero attached hydrogens (tertiary/aromatic N) is 2. The molecule has 3 aromatic rings. The number of aryl methyl sites for hydroxylation is 1. The molecule has 0 saturated carbocycles. The maximum atomic E-state index is 11.1. The number of fused-ring (bicyclic) bond motifs is 1. The molecule has 0 atom stereocenters. The lowest BCUT2D eigenvalue weighted by molar-refractivity contribution is 0.295. The van der Waals surface area contributed by atoms with Crippen molar-refractivity contribution in [2.24, 2.45) is 7.05 Å². The van der Waals surface area contributed by atoms with Crippen molar-refractivity contribution in [1.82, 2.24) is 14.5 Å². The summed E-state index contributed by atoms with van der Waals surface area (Å²) < 4.78 is 6.84. The largest absolute Gasteiger partial charge is 0.417 e. The van der Waals surface area contributed by atoms with Gasteiger partial charge in [0.15, 0.2) is 5.58 Å². The number of rotatable bonds is 3. The fourth-order valence-corrected chi connectivity index (χ4v) is 2.09. The summed E-state index contributed by atoms with van der Waals surface area (Å²) in [5.41, 5.74) is 2.87. The average Bonchev–Trinajstić information content (AvgIpc) is 2.91. The van der Waals surface area contributed by atoms with Crippen molar-refractivity contribution in [2.45, 2.75) is 6.42 Å². The molecule has 6 heteroatoms. The monoisotopic (exact) mass is 259 g/mol. The van der Waals surface area contributed by atoms with E-state index in [-0.39, 0.29) is 6.61 Å². The van der Waals surface area contributed by atoms with Crippen LogP contribution < -0.4 is 5.76 Å². The first kappa shape index (κ1) is 11.7. The van der Waals surface area contributed by atoms with Crippen LogP contribution in [0.3, 0.4) is 0 Å². The number of aliphatic hydroxyl groups excluding tert-OH is 1. The zero-order valence-corrected chi connectivity index (χ0v) is 10.4. The predicted molar refractivity (Wildman–Crippen MR) is 69.8 cm³/mol. The molecule has 0 bridgehead atoms. The first-order valence-corrected chi connectivity index (χ1v) is 5.94. The summed E-state index contributed by atoms with van der Waals surface area (Å²) in [6, 6.07) is 5.42. The molecule has 0 aliphatic carbocycles. The Hall–Kier alpha value is -2.34. The van der Waals surface area contributed by atoms with E-state index in [9.17, 15) is 4.79 Å². The molecular formula is C13H13N3O3. The summed E-state index contributed by atoms with van der Waals surface area (Å²) in [6.07, 6.45) is 2.41. The highest BCUT2D eigenvalue weighted by Gasteiger charge is 2.09. The Morgan fingerprint density at radius 2 is 2.32 bits per heavy atom. The topological polar surface area (TPSA) is 84.0 Å². The van der Waals surface area contributed by atoms with Gasteiger partial charge in [-0.2, -0.15) is 0 Å². The van der Waals surface area contributed by atoms with E-state index < -0.39 is 5.76 Å². The second-order valence-electron chi connectivity index (χ2n) is 4.35. The summed E-state index contributed by atoms with van der Waals surface area (Å²) in [7, 11) is 1.89. The van der Waals surface area contributed by atoms with E-state index in [1.807, 2.05) is 29.9 Å². The summed E-state index contributed by atoms with van der Waals surface area (Å²) in [5.74, 6) is 0.354. The molecule has 3 rings (SSSR count). The molecule has 0 unspecified atom stereocenters. The van der Waals surface area contributed by atoms with Crippen LogP contribution in [0.15, 0.2) is 33.6 Å². The third kappa shape index (κ3) is 2.06. The molecule has 0 radical (unpaired) electrons. The zero-order valence-electron chi connectivity index (χ0n) is 10.4. The van der Waals surface area contributed by atoms with Gasteiger partial charge in [-0.25, -0.2) is 9.78 Å². The number of aliphatic hydroxyl groups is 1. The number of hydrogen-bond acceptors (Lipinski definition) is 4. The van der Waals surface area contributed by atoms with Crippen LogP contribution in [0, 0.1) is 0 Å². The molecule has 2 heterocycles. The fraction of sp³-hybridized carbons (Fsp3) is 0.231. The Labute approximate surface area is 108 Å². The van der Waals surface area contributed by atoms with Crippen LogP contribution in [0.1, 0.15) is 5.82 Å². The number of hydrogen-bond donors (Lipinski definition) is 2. The number of benzene rings is 1. The lowest BCUT2D eigenvalue weighted by Crippen LogP contribution is -1.99. The number of aromatic amines is 1. The third-order valence-corrected chi connectivity index (χ3v) is 3.02. The fourth-order valence-electron chi connectivity index (χ4n) is 2.09. The molecule has 0 saturated heterocycles. The van der Waals surface area contributed by atoms with Crippen molar-refractivity contribution in [3.8, 4) is 11.3 Å². The van der Waals surface area contributed by atoms with Crippen molar-refractivity contribution in [2.75, 3.05) is 6.61 Å². The van der Waals surface area contributed by atoms with Crippen LogP contribution in [0.2, 0.25) is 0 Å². The van der Waals surface area contributed by atoms with E-state index >= 15 is 0 Å². The van der Waals surface area contributed by atoms with E-state index in [1.165, 1.54) is 0 Å². The lowest BCUT2D eigenvalue weighted by Gasteiger charge is -1.96. The van der Waals surface area contributed by atoms with Crippen LogP contribution in [-0.4, -0.2) is 26.2 Å². The van der Waals surface area contributed by atoms with Gasteiger partial charge in [0.2, 0.25) is 0 Å². The summed E-state index contributed by atoms with van der Waals surface area (Å²) >= 11 is 0. The maximum absolute atomic E-state index is 11.1. The second-order valence-corrected chi connectivity index (χ2v) is 4.35. The van der Waals surface area contributed by atoms with Gasteiger partial charge in [-0.15, -0.1) is 0 Å². The summed E-state index contributed by atoms with van der Waals surface area (Å²) in [4.78, 5) is 18.2. The molecule has 2 N–H and O–H groups in total. The Balaban J connectivity index is 2.07. The van der Waals surface area contributed by atoms with E-state index in [2.05, 4.69) is 9.97 Å². The Kier molecular flexibility index (Phi) is 2.72. The Morgan fingerprint density at radius 1 is 1.47 bits per heavy atom. The van der Waals surface area contributed by atoms with Crippen molar-refractivity contribution in [3.63, 3.8) is 0 Å². The minimum absolute atomic E-state index is 0.0678. The van der Waals surface area contributed by atoms with Gasteiger partial charge >= 0.3 is 5.76 Å². The van der Waals surface area contributed by atoms with Gasteiger partial charge in [0, 0.05) is 25.2 Å². The molecule has 0 amide bonds. The molecule has 2 aromatic heterocycles. The number of H-pyrrole nitrogens is 1. The summed E-state index contributed by atoms with van der Waals surface area (Å²) in [6.45, 7) is 0.0678. The van der Waals surface area contributed by atoms with Gasteiger partial charge in [-0.05, 0) is 18.2 Å². The normalized spacial score (nSPS) is 11.3. The highest BCUT2D eigenvalue weighted by molar-refractivity contribution is 5.78. The first-order chi connectivity index (χ1) is 9.17. The highest BCUT2D eigenvalue weighted by Crippen LogP contribution is 2.22. The summed E-state index contributed by atoms with van der Waals surface area (Å²) in [5, 5.41) is 8.96. The third-order valence-electron chi connectivity index (χ3n) is 3.02. The predicted octanol–water partition coefficient (Wildman–Crippen LogP) is 1.06. The van der Waals surface area contributed by atoms with Gasteiger partial charge in [0.25, 0.3) is 0 Å². The van der Waals surface area contributed by atoms with Crippen LogP contribution >= 0.6 is 0 Å². The number of imidazole rings is 1. The van der Waals surface area contributed by atoms with Crippen molar-refractivity contribution in [1.29, 1.82) is 0 Å². The van der Waals surface area contributed by atoms with Crippen LogP contribution in [0.5, 0.6) is 0 Å². The Morgan fingerprint density at radius 3 is 3.11 bits per heavy atom. The SMILES string of the molecule is Cn1cc(-c2ccc3oc(=O)[nH]c3c2)nc1CCO. The number of nitrogens with one attached hydrogen (secondary N) is 1. The smallest absolute Gasteiger partial charge is 0.408 e. The van der Waals surface area contributed by atoms with Gasteiger partial charge in [-0.3, -0.25) is 4.98 Å². The van der Waals surface area contributed by atoms with Gasteiger partial charge in [-0.1, -0.05) is 0 Å². The molecule has 6 nitrogen and oxygen atoms in total. The van der Waals surface area contributed by atoms with Gasteiger partial charge < -0.3 is 14.1 Å². The zero-order chi connectivity index (χ0) is 13.4. The molecule has 98 valence electrons. The van der Waals surface area contributed by atoms with E-state index in [0.717, 1.165) is 17.1 Å². The molecule has 0 fully saturated rings. The average molecular weight is 259 g/mol. The molecule has 1 aromatic carbocycles. The second kappa shape index (κ2) is 4.40. The molecule has 19 heavy (non-hydrogen) atoms. The van der Waals surface area contributed by atoms with Crippen LogP contribution in [-0.2, 0) is 13.5 Å².